The van der Waals surface area contributed by atoms with Gasteiger partial charge in [0.15, 0.2) is 5.65 Å². The summed E-state index contributed by atoms with van der Waals surface area (Å²) in [5, 5.41) is 6.23. The van der Waals surface area contributed by atoms with E-state index in [-0.39, 0.29) is 17.6 Å². The van der Waals surface area contributed by atoms with Crippen LogP contribution in [0.3, 0.4) is 0 Å². The number of aryl methyl sites for hydroxylation is 1. The first kappa shape index (κ1) is 26.1. The fraction of sp³-hybridized carbons (Fsp3) is 0.379. The highest BCUT2D eigenvalue weighted by atomic mass is 35.5. The summed E-state index contributed by atoms with van der Waals surface area (Å²) in [4.78, 5) is 27.4. The summed E-state index contributed by atoms with van der Waals surface area (Å²) in [5.74, 6) is 1.48. The zero-order chi connectivity index (χ0) is 26.8. The number of carbonyl (C=O) groups is 1. The Balaban J connectivity index is 1.52. The number of hydrogen-bond acceptors (Lipinski definition) is 5. The summed E-state index contributed by atoms with van der Waals surface area (Å²) in [7, 11) is 0. The van der Waals surface area contributed by atoms with Crippen LogP contribution in [0.15, 0.2) is 48.5 Å². The van der Waals surface area contributed by atoms with Gasteiger partial charge in [-0.25, -0.2) is 19.0 Å². The normalized spacial score (nSPS) is 15.1. The van der Waals surface area contributed by atoms with Crippen LogP contribution in [0.2, 0.25) is 5.02 Å². The monoisotopic (exact) mass is 534 g/mol. The van der Waals surface area contributed by atoms with Crippen molar-refractivity contribution in [2.75, 3.05) is 31.1 Å². The molecule has 3 heterocycles. The lowest BCUT2D eigenvalue weighted by Crippen LogP contribution is -2.35. The molecule has 5 rings (SSSR count). The van der Waals surface area contributed by atoms with Gasteiger partial charge in [-0.1, -0.05) is 37.9 Å². The van der Waals surface area contributed by atoms with Crippen LogP contribution in [0.5, 0.6) is 0 Å². The molecule has 198 valence electrons. The van der Waals surface area contributed by atoms with Crippen LogP contribution in [-0.2, 0) is 0 Å². The number of fused-ring (bicyclic) bond motifs is 1. The molecule has 7 nitrogen and oxygen atoms in total. The molecular formula is C29H32ClFN6O. The molecule has 0 bridgehead atoms. The molecule has 1 saturated heterocycles. The van der Waals surface area contributed by atoms with Crippen molar-refractivity contribution in [1.29, 1.82) is 0 Å². The minimum absolute atomic E-state index is 0.0141. The van der Waals surface area contributed by atoms with Crippen LogP contribution in [0.1, 0.15) is 60.9 Å². The van der Waals surface area contributed by atoms with Gasteiger partial charge in [0.1, 0.15) is 17.5 Å². The quantitative estimate of drug-likeness (QED) is 0.296. The van der Waals surface area contributed by atoms with E-state index in [9.17, 15) is 9.18 Å². The number of carbonyl (C=O) groups excluding carboxylic acids is 1. The topological polar surface area (TPSA) is 67.2 Å². The molecule has 1 unspecified atom stereocenters. The average molecular weight is 535 g/mol. The smallest absolute Gasteiger partial charge is 0.253 e. The number of hydrogen-bond donors (Lipinski definition) is 0. The molecule has 9 heteroatoms. The second-order valence-electron chi connectivity index (χ2n) is 9.91. The van der Waals surface area contributed by atoms with Gasteiger partial charge in [0.2, 0.25) is 0 Å². The third-order valence-corrected chi connectivity index (χ3v) is 7.32. The Bertz CT molecular complexity index is 1450. The standard InChI is InChI=1S/C29H32ClFN6O/c1-4-7-19(2)26-32-27(25-20(3)34-37(28(25)33-26)24-12-10-23(31)11-13-24)35-14-6-15-36(17-16-35)29(38)21-8-5-9-22(30)18-21/h5,8-13,18-19H,4,6-7,14-17H2,1-3H3. The summed E-state index contributed by atoms with van der Waals surface area (Å²) < 4.78 is 15.4. The Labute approximate surface area is 227 Å². The maximum Gasteiger partial charge on any atom is 0.253 e. The van der Waals surface area contributed by atoms with Gasteiger partial charge in [0.05, 0.1) is 16.8 Å². The predicted molar refractivity (Wildman–Crippen MR) is 149 cm³/mol. The highest BCUT2D eigenvalue weighted by Crippen LogP contribution is 2.32. The van der Waals surface area contributed by atoms with Gasteiger partial charge in [-0.2, -0.15) is 5.10 Å². The molecule has 2 aromatic heterocycles. The lowest BCUT2D eigenvalue weighted by atomic mass is 10.1. The third-order valence-electron chi connectivity index (χ3n) is 7.09. The minimum Gasteiger partial charge on any atom is -0.354 e. The fourth-order valence-corrected chi connectivity index (χ4v) is 5.28. The first-order valence-corrected chi connectivity index (χ1v) is 13.6. The van der Waals surface area contributed by atoms with Gasteiger partial charge in [-0.05, 0) is 62.2 Å². The molecule has 2 aromatic carbocycles. The second kappa shape index (κ2) is 11.1. The number of amides is 1. The molecule has 1 amide bonds. The molecular weight excluding hydrogens is 503 g/mol. The van der Waals surface area contributed by atoms with Crippen molar-refractivity contribution in [3.63, 3.8) is 0 Å². The van der Waals surface area contributed by atoms with Gasteiger partial charge >= 0.3 is 0 Å². The lowest BCUT2D eigenvalue weighted by molar-refractivity contribution is 0.0767. The molecule has 4 aromatic rings. The van der Waals surface area contributed by atoms with E-state index in [4.69, 9.17) is 26.7 Å². The van der Waals surface area contributed by atoms with Crippen LogP contribution >= 0.6 is 11.6 Å². The maximum atomic E-state index is 13.6. The average Bonchev–Trinajstić information content (AvgIpc) is 3.08. The van der Waals surface area contributed by atoms with E-state index in [1.54, 1.807) is 41.1 Å². The van der Waals surface area contributed by atoms with E-state index in [0.717, 1.165) is 54.2 Å². The molecule has 1 fully saturated rings. The number of anilines is 1. The van der Waals surface area contributed by atoms with Crippen molar-refractivity contribution in [2.45, 2.75) is 46.0 Å². The Morgan fingerprint density at radius 1 is 1.08 bits per heavy atom. The highest BCUT2D eigenvalue weighted by molar-refractivity contribution is 6.30. The Kier molecular flexibility index (Phi) is 7.61. The predicted octanol–water partition coefficient (Wildman–Crippen LogP) is 6.17. The van der Waals surface area contributed by atoms with Crippen LogP contribution in [0.4, 0.5) is 10.2 Å². The van der Waals surface area contributed by atoms with E-state index < -0.39 is 0 Å². The largest absolute Gasteiger partial charge is 0.354 e. The Morgan fingerprint density at radius 2 is 1.87 bits per heavy atom. The van der Waals surface area contributed by atoms with Gasteiger partial charge in [-0.15, -0.1) is 0 Å². The molecule has 0 spiro atoms. The van der Waals surface area contributed by atoms with Gasteiger partial charge in [-0.3, -0.25) is 4.79 Å². The number of aromatic nitrogens is 4. The Morgan fingerprint density at radius 3 is 2.61 bits per heavy atom. The number of benzene rings is 2. The van der Waals surface area contributed by atoms with Crippen molar-refractivity contribution in [2.24, 2.45) is 0 Å². The van der Waals surface area contributed by atoms with Crippen LogP contribution < -0.4 is 4.90 Å². The summed E-state index contributed by atoms with van der Waals surface area (Å²) >= 11 is 6.13. The van der Waals surface area contributed by atoms with Gasteiger partial charge in [0, 0.05) is 42.7 Å². The Hall–Kier alpha value is -3.52. The van der Waals surface area contributed by atoms with E-state index in [1.165, 1.54) is 12.1 Å². The van der Waals surface area contributed by atoms with Crippen molar-refractivity contribution in [3.8, 4) is 5.69 Å². The second-order valence-corrected chi connectivity index (χ2v) is 10.3. The molecule has 0 saturated carbocycles. The van der Waals surface area contributed by atoms with Crippen molar-refractivity contribution in [1.82, 2.24) is 24.6 Å². The van der Waals surface area contributed by atoms with Crippen LogP contribution in [0, 0.1) is 12.7 Å². The van der Waals surface area contributed by atoms with Gasteiger partial charge < -0.3 is 9.80 Å². The highest BCUT2D eigenvalue weighted by Gasteiger charge is 2.26. The first-order valence-electron chi connectivity index (χ1n) is 13.2. The SMILES string of the molecule is CCCC(C)c1nc(N2CCCN(C(=O)c3cccc(Cl)c3)CC2)c2c(C)nn(-c3ccc(F)cc3)c2n1. The van der Waals surface area contributed by atoms with Crippen molar-refractivity contribution in [3.05, 3.63) is 76.5 Å². The fourth-order valence-electron chi connectivity index (χ4n) is 5.09. The molecule has 0 N–H and O–H groups in total. The van der Waals surface area contributed by atoms with E-state index in [2.05, 4.69) is 18.7 Å². The first-order chi connectivity index (χ1) is 18.4. The summed E-state index contributed by atoms with van der Waals surface area (Å²) in [6.07, 6.45) is 2.80. The van der Waals surface area contributed by atoms with Crippen LogP contribution in [0.25, 0.3) is 16.7 Å². The molecule has 38 heavy (non-hydrogen) atoms. The zero-order valence-electron chi connectivity index (χ0n) is 22.0. The molecule has 1 aliphatic rings. The van der Waals surface area contributed by atoms with Crippen molar-refractivity contribution < 1.29 is 9.18 Å². The summed E-state index contributed by atoms with van der Waals surface area (Å²) in [6, 6.07) is 13.4. The van der Waals surface area contributed by atoms with Crippen LogP contribution in [-0.4, -0.2) is 56.7 Å². The minimum atomic E-state index is -0.295. The molecule has 1 atom stereocenters. The zero-order valence-corrected chi connectivity index (χ0v) is 22.7. The molecule has 0 radical (unpaired) electrons. The molecule has 0 aliphatic carbocycles. The van der Waals surface area contributed by atoms with E-state index in [1.807, 2.05) is 11.8 Å². The molecule has 1 aliphatic heterocycles. The lowest BCUT2D eigenvalue weighted by Gasteiger charge is -2.24. The number of halogens is 2. The van der Waals surface area contributed by atoms with Gasteiger partial charge in [0.25, 0.3) is 5.91 Å². The third kappa shape index (κ3) is 5.23. The van der Waals surface area contributed by atoms with Crippen molar-refractivity contribution >= 4 is 34.4 Å². The number of nitrogens with zero attached hydrogens (tertiary/aromatic N) is 6. The number of rotatable bonds is 6. The maximum absolute atomic E-state index is 13.6. The summed E-state index contributed by atoms with van der Waals surface area (Å²) in [6.45, 7) is 8.88. The summed E-state index contributed by atoms with van der Waals surface area (Å²) in [5.41, 5.74) is 2.87. The van der Waals surface area contributed by atoms with E-state index >= 15 is 0 Å². The van der Waals surface area contributed by atoms with E-state index in [0.29, 0.717) is 35.9 Å².